The maximum absolute atomic E-state index is 12.1. The van der Waals surface area contributed by atoms with Gasteiger partial charge in [-0.3, -0.25) is 9.78 Å². The van der Waals surface area contributed by atoms with Crippen molar-refractivity contribution in [2.24, 2.45) is 0 Å². The third-order valence-electron chi connectivity index (χ3n) is 3.68. The van der Waals surface area contributed by atoms with E-state index >= 15 is 0 Å². The number of amides is 1. The molecule has 3 aromatic rings. The zero-order valence-corrected chi connectivity index (χ0v) is 13.7. The van der Waals surface area contributed by atoms with Crippen molar-refractivity contribution in [3.05, 3.63) is 72.6 Å². The van der Waals surface area contributed by atoms with Crippen LogP contribution in [0.5, 0.6) is 5.75 Å². The van der Waals surface area contributed by atoms with Crippen molar-refractivity contribution in [2.75, 3.05) is 13.2 Å². The first-order valence-corrected chi connectivity index (χ1v) is 8.05. The van der Waals surface area contributed by atoms with Gasteiger partial charge in [0.25, 0.3) is 0 Å². The molecule has 124 valence electrons. The van der Waals surface area contributed by atoms with Gasteiger partial charge in [-0.05, 0) is 28.5 Å². The molecule has 1 N–H and O–H groups in total. The van der Waals surface area contributed by atoms with E-state index < -0.39 is 0 Å². The van der Waals surface area contributed by atoms with Crippen LogP contribution in [0.15, 0.2) is 67.0 Å². The van der Waals surface area contributed by atoms with E-state index in [2.05, 4.69) is 22.1 Å². The molecule has 0 fully saturated rings. The van der Waals surface area contributed by atoms with Crippen LogP contribution in [-0.4, -0.2) is 24.0 Å². The molecular weight excluding hydrogens is 312 g/mol. The molecule has 0 aliphatic rings. The second kappa shape index (κ2) is 8.51. The average Bonchev–Trinajstić information content (AvgIpc) is 2.66. The lowest BCUT2D eigenvalue weighted by Crippen LogP contribution is -2.25. The summed E-state index contributed by atoms with van der Waals surface area (Å²) in [4.78, 5) is 16.0. The number of benzene rings is 2. The van der Waals surface area contributed by atoms with Crippen molar-refractivity contribution in [3.8, 4) is 17.6 Å². The molecule has 0 atom stereocenters. The number of aromatic nitrogens is 1. The molecule has 1 heterocycles. The summed E-state index contributed by atoms with van der Waals surface area (Å²) in [6.45, 7) is 0.574. The highest BCUT2D eigenvalue weighted by Crippen LogP contribution is 2.18. The molecule has 4 nitrogen and oxygen atoms in total. The van der Waals surface area contributed by atoms with Gasteiger partial charge in [-0.1, -0.05) is 54.3 Å². The van der Waals surface area contributed by atoms with Crippen molar-refractivity contribution in [3.63, 3.8) is 0 Å². The second-order valence-electron chi connectivity index (χ2n) is 5.42. The van der Waals surface area contributed by atoms with Gasteiger partial charge in [0.05, 0.1) is 19.2 Å². The predicted molar refractivity (Wildman–Crippen MR) is 98.2 cm³/mol. The van der Waals surface area contributed by atoms with Crippen LogP contribution in [0.2, 0.25) is 0 Å². The molecule has 0 bridgehead atoms. The Bertz CT molecular complexity index is 906. The summed E-state index contributed by atoms with van der Waals surface area (Å²) >= 11 is 0. The van der Waals surface area contributed by atoms with Crippen molar-refractivity contribution in [1.82, 2.24) is 10.3 Å². The minimum atomic E-state index is -0.0427. The van der Waals surface area contributed by atoms with Crippen molar-refractivity contribution in [1.29, 1.82) is 0 Å². The fourth-order valence-electron chi connectivity index (χ4n) is 2.49. The lowest BCUT2D eigenvalue weighted by molar-refractivity contribution is -0.120. The van der Waals surface area contributed by atoms with Gasteiger partial charge in [-0.2, -0.15) is 0 Å². The highest BCUT2D eigenvalue weighted by Gasteiger charge is 2.05. The summed E-state index contributed by atoms with van der Waals surface area (Å²) in [5.74, 6) is 6.38. The molecule has 0 saturated carbocycles. The van der Waals surface area contributed by atoms with Crippen LogP contribution in [0, 0.1) is 11.8 Å². The molecule has 2 aromatic carbocycles. The molecule has 0 unspecified atom stereocenters. The van der Waals surface area contributed by atoms with E-state index in [9.17, 15) is 4.79 Å². The molecule has 0 aliphatic carbocycles. The van der Waals surface area contributed by atoms with Gasteiger partial charge in [0, 0.05) is 6.20 Å². The topological polar surface area (TPSA) is 51.2 Å². The Hall–Kier alpha value is -3.32. The zero-order chi connectivity index (χ0) is 17.3. The van der Waals surface area contributed by atoms with Crippen LogP contribution in [0.1, 0.15) is 5.56 Å². The largest absolute Gasteiger partial charge is 0.479 e. The summed E-state index contributed by atoms with van der Waals surface area (Å²) in [6, 6.07) is 17.7. The first-order valence-electron chi connectivity index (χ1n) is 8.05. The molecule has 25 heavy (non-hydrogen) atoms. The summed E-state index contributed by atoms with van der Waals surface area (Å²) in [5.41, 5.74) is 1.02. The fraction of sp³-hybridized carbons (Fsp3) is 0.143. The van der Waals surface area contributed by atoms with Crippen LogP contribution < -0.4 is 10.1 Å². The van der Waals surface area contributed by atoms with Crippen LogP contribution in [-0.2, 0) is 11.2 Å². The maximum atomic E-state index is 12.1. The van der Waals surface area contributed by atoms with E-state index in [1.165, 1.54) is 0 Å². The monoisotopic (exact) mass is 330 g/mol. The van der Waals surface area contributed by atoms with Crippen LogP contribution >= 0.6 is 0 Å². The quantitative estimate of drug-likeness (QED) is 0.732. The number of ether oxygens (including phenoxy) is 1. The minimum absolute atomic E-state index is 0.0427. The molecule has 0 radical (unpaired) electrons. The lowest BCUT2D eigenvalue weighted by atomic mass is 10.0. The Morgan fingerprint density at radius 3 is 2.80 bits per heavy atom. The van der Waals surface area contributed by atoms with Gasteiger partial charge < -0.3 is 10.1 Å². The average molecular weight is 330 g/mol. The number of hydrogen-bond donors (Lipinski definition) is 1. The van der Waals surface area contributed by atoms with Gasteiger partial charge in [-0.25, -0.2) is 0 Å². The number of carbonyl (C=O) groups excluding carboxylic acids is 1. The van der Waals surface area contributed by atoms with E-state index in [1.54, 1.807) is 18.5 Å². The van der Waals surface area contributed by atoms with E-state index in [-0.39, 0.29) is 12.5 Å². The normalized spacial score (nSPS) is 9.92. The minimum Gasteiger partial charge on any atom is -0.479 e. The number of nitrogens with zero attached hydrogens (tertiary/aromatic N) is 1. The number of fused-ring (bicyclic) bond motifs is 1. The summed E-state index contributed by atoms with van der Waals surface area (Å²) in [6.07, 6.45) is 3.66. The van der Waals surface area contributed by atoms with Gasteiger partial charge in [0.15, 0.2) is 0 Å². The Morgan fingerprint density at radius 1 is 1.04 bits per heavy atom. The van der Waals surface area contributed by atoms with Crippen molar-refractivity contribution in [2.45, 2.75) is 6.42 Å². The highest BCUT2D eigenvalue weighted by atomic mass is 16.5. The molecule has 1 aromatic heterocycles. The molecule has 4 heteroatoms. The van der Waals surface area contributed by atoms with Gasteiger partial charge in [0.1, 0.15) is 12.4 Å². The number of rotatable bonds is 5. The zero-order valence-electron chi connectivity index (χ0n) is 13.7. The van der Waals surface area contributed by atoms with Crippen molar-refractivity contribution < 1.29 is 9.53 Å². The van der Waals surface area contributed by atoms with E-state index in [0.717, 1.165) is 16.3 Å². The standard InChI is InChI=1S/C21H18N2O2/c24-21(15-18-9-5-8-17-7-1-2-11-20(17)18)23-13-3-4-14-25-19-10-6-12-22-16-19/h1-2,5-12,16H,13-15H2,(H,23,24). The highest BCUT2D eigenvalue weighted by molar-refractivity contribution is 5.90. The maximum Gasteiger partial charge on any atom is 0.225 e. The third kappa shape index (κ3) is 4.82. The molecular formula is C21H18N2O2. The number of nitrogens with one attached hydrogen (secondary N) is 1. The summed E-state index contributed by atoms with van der Waals surface area (Å²) < 4.78 is 5.41. The third-order valence-corrected chi connectivity index (χ3v) is 3.68. The Labute approximate surface area is 146 Å². The number of hydrogen-bond acceptors (Lipinski definition) is 3. The van der Waals surface area contributed by atoms with E-state index in [0.29, 0.717) is 18.7 Å². The SMILES string of the molecule is O=C(Cc1cccc2ccccc12)NCC#CCOc1cccnc1. The first kappa shape index (κ1) is 16.5. The van der Waals surface area contributed by atoms with Gasteiger partial charge >= 0.3 is 0 Å². The predicted octanol–water partition coefficient (Wildman–Crippen LogP) is 2.98. The molecule has 0 spiro atoms. The van der Waals surface area contributed by atoms with Crippen LogP contribution in [0.25, 0.3) is 10.8 Å². The molecule has 3 rings (SSSR count). The van der Waals surface area contributed by atoms with Crippen LogP contribution in [0.3, 0.4) is 0 Å². The van der Waals surface area contributed by atoms with Crippen LogP contribution in [0.4, 0.5) is 0 Å². The van der Waals surface area contributed by atoms with E-state index in [4.69, 9.17) is 4.74 Å². The molecule has 0 aliphatic heterocycles. The smallest absolute Gasteiger partial charge is 0.225 e. The summed E-state index contributed by atoms with van der Waals surface area (Å²) in [5, 5.41) is 5.06. The van der Waals surface area contributed by atoms with E-state index in [1.807, 2.05) is 48.5 Å². The van der Waals surface area contributed by atoms with Gasteiger partial charge in [-0.15, -0.1) is 0 Å². The summed E-state index contributed by atoms with van der Waals surface area (Å²) in [7, 11) is 0. The molecule has 0 saturated heterocycles. The number of pyridine rings is 1. The number of carbonyl (C=O) groups is 1. The molecule has 1 amide bonds. The fourth-order valence-corrected chi connectivity index (χ4v) is 2.49. The van der Waals surface area contributed by atoms with Gasteiger partial charge in [0.2, 0.25) is 5.91 Å². The Kier molecular flexibility index (Phi) is 5.63. The Balaban J connectivity index is 1.46. The van der Waals surface area contributed by atoms with Crippen molar-refractivity contribution >= 4 is 16.7 Å². The Morgan fingerprint density at radius 2 is 1.92 bits per heavy atom. The lowest BCUT2D eigenvalue weighted by Gasteiger charge is -2.06. The first-order chi connectivity index (χ1) is 12.3. The second-order valence-corrected chi connectivity index (χ2v) is 5.42.